The van der Waals surface area contributed by atoms with Gasteiger partial charge in [0.05, 0.1) is 33.2 Å². The van der Waals surface area contributed by atoms with E-state index < -0.39 is 18.9 Å². The van der Waals surface area contributed by atoms with Gasteiger partial charge in [-0.1, -0.05) is 0 Å². The largest absolute Gasteiger partial charge is 0.493 e. The number of carbonyl (C=O) groups is 1. The number of amides is 1. The fraction of sp³-hybridized carbons (Fsp3) is 0.333. The van der Waals surface area contributed by atoms with Crippen molar-refractivity contribution in [2.24, 2.45) is 0 Å². The number of hydrogen-bond donors (Lipinski definition) is 1. The van der Waals surface area contributed by atoms with Crippen molar-refractivity contribution < 1.29 is 27.8 Å². The maximum Gasteiger partial charge on any atom is 0.257 e. The molecule has 0 atom stereocenters. The number of nitrogens with zero attached hydrogens (tertiary/aromatic N) is 2. The predicted octanol–water partition coefficient (Wildman–Crippen LogP) is 2.43. The van der Waals surface area contributed by atoms with Crippen LogP contribution in [-0.4, -0.2) is 43.4 Å². The Morgan fingerprint density at radius 2 is 1.83 bits per heavy atom. The number of carbonyl (C=O) groups excluding carboxylic acids is 1. The summed E-state index contributed by atoms with van der Waals surface area (Å²) in [6.07, 6.45) is 0.0869. The first kappa shape index (κ1) is 17.5. The van der Waals surface area contributed by atoms with Gasteiger partial charge in [-0.15, -0.1) is 0 Å². The lowest BCUT2D eigenvalue weighted by molar-refractivity contribution is 0.102. The fourth-order valence-electron chi connectivity index (χ4n) is 2.08. The summed E-state index contributed by atoms with van der Waals surface area (Å²) in [4.78, 5) is 12.3. The van der Waals surface area contributed by atoms with Crippen molar-refractivity contribution in [1.82, 2.24) is 9.78 Å². The minimum Gasteiger partial charge on any atom is -0.493 e. The van der Waals surface area contributed by atoms with Crippen molar-refractivity contribution in [3.8, 4) is 17.2 Å². The highest BCUT2D eigenvalue weighted by Gasteiger charge is 2.17. The molecule has 2 aromatic rings. The SMILES string of the molecule is COc1cc(C(=O)Nc2cnn(CC(F)F)c2)cc(OC)c1OC. The molecule has 1 aromatic carbocycles. The summed E-state index contributed by atoms with van der Waals surface area (Å²) < 4.78 is 41.2. The van der Waals surface area contributed by atoms with Crippen molar-refractivity contribution in [3.63, 3.8) is 0 Å². The molecule has 1 heterocycles. The van der Waals surface area contributed by atoms with E-state index in [0.29, 0.717) is 22.9 Å². The third-order valence-corrected chi connectivity index (χ3v) is 3.14. The standard InChI is InChI=1S/C15H17F2N3O4/c1-22-11-4-9(5-12(23-2)14(11)24-3)15(21)19-10-6-18-20(7-10)8-13(16)17/h4-7,13H,8H2,1-3H3,(H,19,21). The number of methoxy groups -OCH3 is 3. The zero-order valence-corrected chi connectivity index (χ0v) is 13.4. The molecule has 1 amide bonds. The van der Waals surface area contributed by atoms with Gasteiger partial charge in [0.2, 0.25) is 5.75 Å². The Hall–Kier alpha value is -2.84. The van der Waals surface area contributed by atoms with Gasteiger partial charge in [-0.05, 0) is 12.1 Å². The monoisotopic (exact) mass is 341 g/mol. The number of anilines is 1. The summed E-state index contributed by atoms with van der Waals surface area (Å²) in [5, 5.41) is 6.32. The molecule has 2 rings (SSSR count). The van der Waals surface area contributed by atoms with Gasteiger partial charge in [0.1, 0.15) is 6.54 Å². The van der Waals surface area contributed by atoms with Gasteiger partial charge in [-0.2, -0.15) is 5.10 Å². The Kier molecular flexibility index (Phi) is 5.56. The number of benzene rings is 1. The van der Waals surface area contributed by atoms with Crippen molar-refractivity contribution in [3.05, 3.63) is 30.1 Å². The number of alkyl halides is 2. The van der Waals surface area contributed by atoms with Crippen LogP contribution in [0.1, 0.15) is 10.4 Å². The lowest BCUT2D eigenvalue weighted by atomic mass is 10.1. The van der Waals surface area contributed by atoms with E-state index in [0.717, 1.165) is 4.68 Å². The molecule has 0 fully saturated rings. The molecule has 0 unspecified atom stereocenters. The predicted molar refractivity (Wildman–Crippen MR) is 82.3 cm³/mol. The summed E-state index contributed by atoms with van der Waals surface area (Å²) in [6, 6.07) is 2.97. The van der Waals surface area contributed by atoms with Crippen LogP contribution in [0.5, 0.6) is 17.2 Å². The normalized spacial score (nSPS) is 10.6. The van der Waals surface area contributed by atoms with Gasteiger partial charge < -0.3 is 19.5 Å². The maximum atomic E-state index is 12.3. The van der Waals surface area contributed by atoms with E-state index in [1.54, 1.807) is 0 Å². The second-order valence-corrected chi connectivity index (χ2v) is 4.71. The second-order valence-electron chi connectivity index (χ2n) is 4.71. The van der Waals surface area contributed by atoms with Crippen molar-refractivity contribution in [1.29, 1.82) is 0 Å². The Morgan fingerprint density at radius 3 is 2.33 bits per heavy atom. The van der Waals surface area contributed by atoms with Crippen LogP contribution in [0.3, 0.4) is 0 Å². The molecule has 24 heavy (non-hydrogen) atoms. The van der Waals surface area contributed by atoms with E-state index in [1.807, 2.05) is 0 Å². The van der Waals surface area contributed by atoms with Crippen molar-refractivity contribution in [2.75, 3.05) is 26.6 Å². The van der Waals surface area contributed by atoms with Gasteiger partial charge in [0.15, 0.2) is 11.5 Å². The lowest BCUT2D eigenvalue weighted by Gasteiger charge is -2.13. The molecule has 0 spiro atoms. The number of nitrogens with one attached hydrogen (secondary N) is 1. The number of aromatic nitrogens is 2. The minimum absolute atomic E-state index is 0.256. The summed E-state index contributed by atoms with van der Waals surface area (Å²) in [7, 11) is 4.33. The molecule has 0 saturated heterocycles. The Balaban J connectivity index is 2.21. The topological polar surface area (TPSA) is 74.6 Å². The van der Waals surface area contributed by atoms with Gasteiger partial charge in [-0.3, -0.25) is 9.48 Å². The third-order valence-electron chi connectivity index (χ3n) is 3.14. The molecule has 9 heteroatoms. The Labute approximate surface area is 137 Å². The molecular weight excluding hydrogens is 324 g/mol. The average Bonchev–Trinajstić information content (AvgIpc) is 2.99. The van der Waals surface area contributed by atoms with Crippen LogP contribution in [0.15, 0.2) is 24.5 Å². The van der Waals surface area contributed by atoms with E-state index in [1.165, 1.54) is 45.9 Å². The summed E-state index contributed by atoms with van der Waals surface area (Å²) in [5.41, 5.74) is 0.556. The van der Waals surface area contributed by atoms with E-state index >= 15 is 0 Å². The summed E-state index contributed by atoms with van der Waals surface area (Å²) >= 11 is 0. The first-order valence-corrected chi connectivity index (χ1v) is 6.90. The molecule has 0 radical (unpaired) electrons. The molecule has 0 aliphatic rings. The van der Waals surface area contributed by atoms with Crippen LogP contribution in [-0.2, 0) is 6.54 Å². The van der Waals surface area contributed by atoms with Crippen molar-refractivity contribution >= 4 is 11.6 Å². The third kappa shape index (κ3) is 3.92. The molecule has 0 bridgehead atoms. The first-order chi connectivity index (χ1) is 11.5. The molecule has 130 valence electrons. The number of halogens is 2. The molecule has 1 N–H and O–H groups in total. The highest BCUT2D eigenvalue weighted by atomic mass is 19.3. The van der Waals surface area contributed by atoms with E-state index in [-0.39, 0.29) is 5.56 Å². The van der Waals surface area contributed by atoms with E-state index in [2.05, 4.69) is 10.4 Å². The molecule has 7 nitrogen and oxygen atoms in total. The van der Waals surface area contributed by atoms with Crippen LogP contribution >= 0.6 is 0 Å². The molecule has 1 aromatic heterocycles. The quantitative estimate of drug-likeness (QED) is 0.837. The molecule has 0 saturated carbocycles. The molecule has 0 aliphatic carbocycles. The zero-order valence-electron chi connectivity index (χ0n) is 13.4. The number of rotatable bonds is 7. The Morgan fingerprint density at radius 1 is 1.21 bits per heavy atom. The minimum atomic E-state index is -2.52. The smallest absolute Gasteiger partial charge is 0.257 e. The van der Waals surface area contributed by atoms with Gasteiger partial charge in [-0.25, -0.2) is 8.78 Å². The zero-order chi connectivity index (χ0) is 17.7. The Bertz CT molecular complexity index is 693. The van der Waals surface area contributed by atoms with E-state index in [9.17, 15) is 13.6 Å². The lowest BCUT2D eigenvalue weighted by Crippen LogP contribution is -2.12. The number of ether oxygens (including phenoxy) is 3. The maximum absolute atomic E-state index is 12.3. The van der Waals surface area contributed by atoms with Crippen LogP contribution < -0.4 is 19.5 Å². The summed E-state index contributed by atoms with van der Waals surface area (Å²) in [6.45, 7) is -0.542. The van der Waals surface area contributed by atoms with Gasteiger partial charge >= 0.3 is 0 Å². The first-order valence-electron chi connectivity index (χ1n) is 6.90. The number of hydrogen-bond acceptors (Lipinski definition) is 5. The summed E-state index contributed by atoms with van der Waals surface area (Å²) in [5.74, 6) is 0.554. The van der Waals surface area contributed by atoms with E-state index in [4.69, 9.17) is 14.2 Å². The van der Waals surface area contributed by atoms with Gasteiger partial charge in [0, 0.05) is 11.8 Å². The van der Waals surface area contributed by atoms with Crippen LogP contribution in [0.4, 0.5) is 14.5 Å². The fourth-order valence-corrected chi connectivity index (χ4v) is 2.08. The van der Waals surface area contributed by atoms with Crippen LogP contribution in [0.2, 0.25) is 0 Å². The highest BCUT2D eigenvalue weighted by molar-refractivity contribution is 6.05. The highest BCUT2D eigenvalue weighted by Crippen LogP contribution is 2.38. The molecular formula is C15H17F2N3O4. The van der Waals surface area contributed by atoms with Crippen LogP contribution in [0, 0.1) is 0 Å². The molecule has 0 aliphatic heterocycles. The van der Waals surface area contributed by atoms with Gasteiger partial charge in [0.25, 0.3) is 12.3 Å². The second kappa shape index (κ2) is 7.62. The van der Waals surface area contributed by atoms with Crippen molar-refractivity contribution in [2.45, 2.75) is 13.0 Å². The average molecular weight is 341 g/mol. The van der Waals surface area contributed by atoms with Crippen LogP contribution in [0.25, 0.3) is 0 Å².